The van der Waals surface area contributed by atoms with Crippen LogP contribution >= 0.6 is 0 Å². The standard InChI is InChI=1S/C62H41NO/c1-3-25-55-43(13-1)15-11-28-57(55)45-33-31-42(32-34-45)46-17-7-18-47(37-46)48-19-8-20-49(38-48)50-21-9-23-52(39-50)63(54-35-36-60-59-27-5-6-30-61(59)64-62(60)41-54)53-24-10-22-51(40-53)58-29-12-16-44-14-2-4-26-56(44)58/h1-41H. The van der Waals surface area contributed by atoms with Crippen molar-refractivity contribution in [2.24, 2.45) is 0 Å². The lowest BCUT2D eigenvalue weighted by atomic mass is 9.94. The molecule has 0 aliphatic carbocycles. The van der Waals surface area contributed by atoms with Crippen LogP contribution in [0.2, 0.25) is 0 Å². The zero-order chi connectivity index (χ0) is 42.4. The van der Waals surface area contributed by atoms with E-state index in [-0.39, 0.29) is 0 Å². The molecule has 300 valence electrons. The third-order valence-electron chi connectivity index (χ3n) is 12.6. The minimum Gasteiger partial charge on any atom is -0.456 e. The fraction of sp³-hybridized carbons (Fsp3) is 0. The van der Waals surface area contributed by atoms with E-state index in [4.69, 9.17) is 4.42 Å². The lowest BCUT2D eigenvalue weighted by Crippen LogP contribution is -2.10. The van der Waals surface area contributed by atoms with Crippen molar-refractivity contribution in [1.82, 2.24) is 0 Å². The largest absolute Gasteiger partial charge is 0.456 e. The summed E-state index contributed by atoms with van der Waals surface area (Å²) in [4.78, 5) is 2.35. The fourth-order valence-corrected chi connectivity index (χ4v) is 9.49. The lowest BCUT2D eigenvalue weighted by Gasteiger charge is -2.26. The minimum absolute atomic E-state index is 0.862. The van der Waals surface area contributed by atoms with E-state index >= 15 is 0 Å². The minimum atomic E-state index is 0.862. The van der Waals surface area contributed by atoms with Gasteiger partial charge in [-0.3, -0.25) is 0 Å². The van der Waals surface area contributed by atoms with Crippen LogP contribution in [0.1, 0.15) is 0 Å². The van der Waals surface area contributed by atoms with Crippen LogP contribution in [0.5, 0.6) is 0 Å². The topological polar surface area (TPSA) is 16.4 Å². The number of furan rings is 1. The zero-order valence-electron chi connectivity index (χ0n) is 35.0. The maximum Gasteiger partial charge on any atom is 0.137 e. The Labute approximate surface area is 372 Å². The summed E-state index contributed by atoms with van der Waals surface area (Å²) in [6, 6.07) is 89.7. The molecule has 0 amide bonds. The Morgan fingerprint density at radius 3 is 1.30 bits per heavy atom. The molecule has 0 saturated heterocycles. The van der Waals surface area contributed by atoms with Crippen molar-refractivity contribution < 1.29 is 4.42 Å². The van der Waals surface area contributed by atoms with Gasteiger partial charge in [-0.25, -0.2) is 0 Å². The molecule has 11 aromatic carbocycles. The molecular formula is C62H41NO. The number of anilines is 3. The fourth-order valence-electron chi connectivity index (χ4n) is 9.49. The van der Waals surface area contributed by atoms with Gasteiger partial charge in [-0.15, -0.1) is 0 Å². The summed E-state index contributed by atoms with van der Waals surface area (Å²) in [6.45, 7) is 0. The molecule has 0 fully saturated rings. The van der Waals surface area contributed by atoms with Crippen LogP contribution < -0.4 is 4.90 Å². The highest BCUT2D eigenvalue weighted by Gasteiger charge is 2.18. The number of nitrogens with zero attached hydrogens (tertiary/aromatic N) is 1. The van der Waals surface area contributed by atoms with E-state index in [1.54, 1.807) is 0 Å². The Morgan fingerprint density at radius 1 is 0.234 bits per heavy atom. The van der Waals surface area contributed by atoms with Crippen molar-refractivity contribution in [3.05, 3.63) is 249 Å². The van der Waals surface area contributed by atoms with Crippen LogP contribution in [0.3, 0.4) is 0 Å². The van der Waals surface area contributed by atoms with Crippen molar-refractivity contribution in [2.45, 2.75) is 0 Å². The second-order valence-corrected chi connectivity index (χ2v) is 16.5. The maximum absolute atomic E-state index is 6.45. The Morgan fingerprint density at radius 2 is 0.656 bits per heavy atom. The summed E-state index contributed by atoms with van der Waals surface area (Å²) < 4.78 is 6.45. The van der Waals surface area contributed by atoms with Gasteiger partial charge in [0.1, 0.15) is 11.2 Å². The number of benzene rings is 11. The highest BCUT2D eigenvalue weighted by Crippen LogP contribution is 2.42. The van der Waals surface area contributed by atoms with Gasteiger partial charge in [0, 0.05) is 33.9 Å². The van der Waals surface area contributed by atoms with Crippen LogP contribution in [-0.2, 0) is 0 Å². The Balaban J connectivity index is 0.910. The molecule has 0 N–H and O–H groups in total. The molecule has 0 radical (unpaired) electrons. The van der Waals surface area contributed by atoms with Crippen molar-refractivity contribution in [3.63, 3.8) is 0 Å². The molecule has 0 aliphatic rings. The van der Waals surface area contributed by atoms with E-state index in [0.717, 1.165) is 55.7 Å². The molecule has 2 heteroatoms. The first-order valence-corrected chi connectivity index (χ1v) is 21.9. The average Bonchev–Trinajstić information content (AvgIpc) is 3.74. The molecule has 0 bridgehead atoms. The summed E-state index contributed by atoms with van der Waals surface area (Å²) >= 11 is 0. The van der Waals surface area contributed by atoms with Gasteiger partial charge in [0.05, 0.1) is 0 Å². The molecule has 0 spiro atoms. The van der Waals surface area contributed by atoms with E-state index in [0.29, 0.717) is 0 Å². The lowest BCUT2D eigenvalue weighted by molar-refractivity contribution is 0.669. The first-order chi connectivity index (χ1) is 31.7. The molecule has 0 saturated carbocycles. The van der Waals surface area contributed by atoms with Gasteiger partial charge in [0.15, 0.2) is 0 Å². The Hall–Kier alpha value is -8.46. The summed E-state index contributed by atoms with van der Waals surface area (Å²) in [5, 5.41) is 7.22. The van der Waals surface area contributed by atoms with Crippen LogP contribution in [0.15, 0.2) is 253 Å². The highest BCUT2D eigenvalue weighted by atomic mass is 16.3. The third kappa shape index (κ3) is 6.79. The summed E-state index contributed by atoms with van der Waals surface area (Å²) in [6.07, 6.45) is 0. The van der Waals surface area contributed by atoms with Crippen LogP contribution in [0.4, 0.5) is 17.1 Å². The molecule has 0 unspecified atom stereocenters. The van der Waals surface area contributed by atoms with Crippen molar-refractivity contribution in [3.8, 4) is 55.6 Å². The Kier molecular flexibility index (Phi) is 9.20. The van der Waals surface area contributed by atoms with Crippen LogP contribution in [-0.4, -0.2) is 0 Å². The summed E-state index contributed by atoms with van der Waals surface area (Å²) in [5.74, 6) is 0. The molecule has 2 nitrogen and oxygen atoms in total. The van der Waals surface area contributed by atoms with Crippen molar-refractivity contribution in [1.29, 1.82) is 0 Å². The Bertz CT molecular complexity index is 3680. The second kappa shape index (κ2) is 15.8. The van der Waals surface area contributed by atoms with Crippen LogP contribution in [0, 0.1) is 0 Å². The molecule has 12 rings (SSSR count). The average molecular weight is 816 g/mol. The molecule has 12 aromatic rings. The predicted octanol–water partition coefficient (Wildman–Crippen LogP) is 17.7. The normalized spacial score (nSPS) is 11.4. The van der Waals surface area contributed by atoms with Gasteiger partial charge in [0.2, 0.25) is 0 Å². The number of hydrogen-bond acceptors (Lipinski definition) is 2. The van der Waals surface area contributed by atoms with E-state index in [2.05, 4.69) is 241 Å². The van der Waals surface area contributed by atoms with E-state index in [9.17, 15) is 0 Å². The molecule has 1 aromatic heterocycles. The van der Waals surface area contributed by atoms with Gasteiger partial charge in [0.25, 0.3) is 0 Å². The third-order valence-corrected chi connectivity index (χ3v) is 12.6. The van der Waals surface area contributed by atoms with Gasteiger partial charge in [-0.1, -0.05) is 188 Å². The molecule has 0 atom stereocenters. The van der Waals surface area contributed by atoms with Gasteiger partial charge in [-0.2, -0.15) is 0 Å². The van der Waals surface area contributed by atoms with Crippen LogP contribution in [0.25, 0.3) is 99.1 Å². The molecule has 1 heterocycles. The monoisotopic (exact) mass is 815 g/mol. The van der Waals surface area contributed by atoms with E-state index in [1.807, 2.05) is 12.1 Å². The maximum atomic E-state index is 6.45. The highest BCUT2D eigenvalue weighted by molar-refractivity contribution is 6.06. The van der Waals surface area contributed by atoms with Crippen molar-refractivity contribution in [2.75, 3.05) is 4.90 Å². The van der Waals surface area contributed by atoms with Crippen molar-refractivity contribution >= 4 is 60.5 Å². The first kappa shape index (κ1) is 37.3. The van der Waals surface area contributed by atoms with Gasteiger partial charge < -0.3 is 9.32 Å². The van der Waals surface area contributed by atoms with Gasteiger partial charge in [-0.05, 0) is 132 Å². The first-order valence-electron chi connectivity index (χ1n) is 21.9. The number of rotatable bonds is 8. The molecule has 0 aliphatic heterocycles. The predicted molar refractivity (Wildman–Crippen MR) is 271 cm³/mol. The number of para-hydroxylation sites is 1. The number of hydrogen-bond donors (Lipinski definition) is 0. The SMILES string of the molecule is c1cc(-c2ccc(-c3cccc4ccccc34)cc2)cc(-c2cccc(-c3cccc(N(c4cccc(-c5cccc6ccccc56)c4)c4ccc5c(c4)oc4ccccc45)c3)c2)c1. The molecule has 64 heavy (non-hydrogen) atoms. The molecular weight excluding hydrogens is 775 g/mol. The number of fused-ring (bicyclic) bond motifs is 5. The second-order valence-electron chi connectivity index (χ2n) is 16.5. The van der Waals surface area contributed by atoms with Gasteiger partial charge >= 0.3 is 0 Å². The quantitative estimate of drug-likeness (QED) is 0.152. The summed E-state index contributed by atoms with van der Waals surface area (Å²) in [7, 11) is 0. The van der Waals surface area contributed by atoms with E-state index < -0.39 is 0 Å². The smallest absolute Gasteiger partial charge is 0.137 e. The zero-order valence-corrected chi connectivity index (χ0v) is 35.0. The van der Waals surface area contributed by atoms with E-state index in [1.165, 1.54) is 60.5 Å². The summed E-state index contributed by atoms with van der Waals surface area (Å²) in [5.41, 5.74) is 16.8.